The Bertz CT molecular complexity index is 1740. The molecule has 204 valence electrons. The zero-order valence-corrected chi connectivity index (χ0v) is 21.7. The molecule has 0 spiro atoms. The van der Waals surface area contributed by atoms with Gasteiger partial charge in [-0.15, -0.1) is 0 Å². The summed E-state index contributed by atoms with van der Waals surface area (Å²) >= 11 is 0. The number of halogens is 3. The largest absolute Gasteiger partial charge is 0.416 e. The summed E-state index contributed by atoms with van der Waals surface area (Å²) in [6, 6.07) is 10.5. The van der Waals surface area contributed by atoms with Crippen LogP contribution in [-0.2, 0) is 34.0 Å². The van der Waals surface area contributed by atoms with Crippen molar-refractivity contribution in [1.82, 2.24) is 14.0 Å². The lowest BCUT2D eigenvalue weighted by atomic mass is 10.0. The first-order valence-electron chi connectivity index (χ1n) is 11.7. The van der Waals surface area contributed by atoms with Gasteiger partial charge in [-0.25, -0.2) is 13.4 Å². The Morgan fingerprint density at radius 3 is 2.41 bits per heavy atom. The fourth-order valence-corrected chi connectivity index (χ4v) is 4.65. The van der Waals surface area contributed by atoms with Crippen LogP contribution >= 0.6 is 0 Å². The molecule has 0 radical (unpaired) electrons. The number of rotatable bonds is 8. The average molecular weight is 560 g/mol. The van der Waals surface area contributed by atoms with Crippen molar-refractivity contribution in [1.29, 1.82) is 0 Å². The van der Waals surface area contributed by atoms with Crippen LogP contribution in [0.15, 0.2) is 71.5 Å². The Kier molecular flexibility index (Phi) is 7.37. The molecule has 39 heavy (non-hydrogen) atoms. The number of hydrogen-bond donors (Lipinski definition) is 2. The number of amides is 1. The van der Waals surface area contributed by atoms with Crippen molar-refractivity contribution in [3.05, 3.63) is 94.0 Å². The molecule has 2 aromatic heterocycles. The van der Waals surface area contributed by atoms with Crippen LogP contribution in [-0.4, -0.2) is 28.3 Å². The number of hydrogen-bond acceptors (Lipinski definition) is 5. The van der Waals surface area contributed by atoms with Crippen molar-refractivity contribution >= 4 is 33.1 Å². The van der Waals surface area contributed by atoms with E-state index in [2.05, 4.69) is 21.6 Å². The van der Waals surface area contributed by atoms with Gasteiger partial charge in [-0.05, 0) is 43.7 Å². The first-order chi connectivity index (χ1) is 18.3. The minimum Gasteiger partial charge on any atom is -0.325 e. The molecule has 0 aliphatic heterocycles. The van der Waals surface area contributed by atoms with E-state index in [1.54, 1.807) is 32.0 Å². The zero-order chi connectivity index (χ0) is 28.5. The van der Waals surface area contributed by atoms with Gasteiger partial charge in [0.2, 0.25) is 11.7 Å². The van der Waals surface area contributed by atoms with Gasteiger partial charge in [0.1, 0.15) is 6.54 Å². The first kappa shape index (κ1) is 27.6. The van der Waals surface area contributed by atoms with Crippen LogP contribution in [0.1, 0.15) is 23.9 Å². The van der Waals surface area contributed by atoms with Gasteiger partial charge in [0.05, 0.1) is 22.5 Å². The second kappa shape index (κ2) is 10.4. The Labute approximate surface area is 221 Å². The normalized spacial score (nSPS) is 11.9. The molecular formula is C26H24F3N5O4S. The summed E-state index contributed by atoms with van der Waals surface area (Å²) in [6.45, 7) is 6.50. The lowest BCUT2D eigenvalue weighted by Crippen LogP contribution is -2.23. The van der Waals surface area contributed by atoms with Crippen LogP contribution in [0.2, 0.25) is 0 Å². The molecule has 0 aliphatic carbocycles. The Balaban J connectivity index is 1.72. The molecule has 2 aromatic carbocycles. The van der Waals surface area contributed by atoms with Gasteiger partial charge in [-0.3, -0.25) is 18.7 Å². The van der Waals surface area contributed by atoms with Crippen molar-refractivity contribution in [2.75, 3.05) is 10.0 Å². The highest BCUT2D eigenvalue weighted by molar-refractivity contribution is 7.95. The molecule has 0 bridgehead atoms. The summed E-state index contributed by atoms with van der Waals surface area (Å²) in [5.41, 5.74) is 0.501. The van der Waals surface area contributed by atoms with E-state index in [1.165, 1.54) is 21.2 Å². The van der Waals surface area contributed by atoms with Crippen LogP contribution in [0.25, 0.3) is 16.9 Å². The number of aromatic nitrogens is 3. The number of nitrogens with zero attached hydrogens (tertiary/aromatic N) is 3. The summed E-state index contributed by atoms with van der Waals surface area (Å²) in [7, 11) is -3.85. The van der Waals surface area contributed by atoms with Crippen LogP contribution in [0.4, 0.5) is 24.5 Å². The van der Waals surface area contributed by atoms with Gasteiger partial charge < -0.3 is 9.88 Å². The van der Waals surface area contributed by atoms with Crippen molar-refractivity contribution in [2.24, 2.45) is 0 Å². The van der Waals surface area contributed by atoms with Gasteiger partial charge in [0, 0.05) is 28.5 Å². The number of fused-ring (bicyclic) bond motifs is 1. The van der Waals surface area contributed by atoms with Gasteiger partial charge in [0.25, 0.3) is 15.6 Å². The van der Waals surface area contributed by atoms with Gasteiger partial charge in [-0.1, -0.05) is 31.7 Å². The summed E-state index contributed by atoms with van der Waals surface area (Å²) in [6.07, 6.45) is -2.66. The van der Waals surface area contributed by atoms with Crippen molar-refractivity contribution in [2.45, 2.75) is 33.0 Å². The molecule has 0 saturated heterocycles. The number of imidazole rings is 1. The minimum atomic E-state index is -4.49. The second-order valence-electron chi connectivity index (χ2n) is 8.60. The number of sulfonamides is 1. The molecule has 4 rings (SSSR count). The van der Waals surface area contributed by atoms with Gasteiger partial charge >= 0.3 is 6.18 Å². The third kappa shape index (κ3) is 5.72. The number of carbonyl (C=O) groups excluding carboxylic acids is 1. The number of alkyl halides is 3. The van der Waals surface area contributed by atoms with E-state index < -0.39 is 33.2 Å². The zero-order valence-electron chi connectivity index (χ0n) is 20.9. The molecule has 13 heteroatoms. The number of anilines is 2. The van der Waals surface area contributed by atoms with E-state index in [-0.39, 0.29) is 29.3 Å². The Morgan fingerprint density at radius 1 is 1.13 bits per heavy atom. The van der Waals surface area contributed by atoms with Crippen LogP contribution in [0.5, 0.6) is 0 Å². The second-order valence-corrected chi connectivity index (χ2v) is 10.2. The van der Waals surface area contributed by atoms with E-state index >= 15 is 0 Å². The van der Waals surface area contributed by atoms with E-state index in [0.29, 0.717) is 23.4 Å². The number of nitrogens with one attached hydrogen (secondary N) is 2. The third-order valence-corrected chi connectivity index (χ3v) is 6.90. The molecule has 0 saturated carbocycles. The molecule has 4 aromatic rings. The first-order valence-corrected chi connectivity index (χ1v) is 13.2. The van der Waals surface area contributed by atoms with Gasteiger partial charge in [0.15, 0.2) is 0 Å². The Hall–Kier alpha value is -4.39. The highest BCUT2D eigenvalue weighted by Crippen LogP contribution is 2.31. The van der Waals surface area contributed by atoms with E-state index in [9.17, 15) is 31.2 Å². The fourth-order valence-electron chi connectivity index (χ4n) is 4.08. The molecule has 0 fully saturated rings. The van der Waals surface area contributed by atoms with E-state index in [4.69, 9.17) is 0 Å². The molecule has 2 heterocycles. The quantitative estimate of drug-likeness (QED) is 0.328. The highest BCUT2D eigenvalue weighted by Gasteiger charge is 2.30. The molecule has 9 nitrogen and oxygen atoms in total. The fraction of sp³-hybridized carbons (Fsp3) is 0.192. The van der Waals surface area contributed by atoms with E-state index in [1.807, 2.05) is 0 Å². The topological polar surface area (TPSA) is 115 Å². The van der Waals surface area contributed by atoms with Crippen LogP contribution in [0, 0.1) is 6.92 Å². The SMILES string of the molecule is C=CS(=O)(=O)Nc1ccccc1-c1c(CC)nc2n(CC(=O)Nc3ccc(C(F)(F)F)cc3)c(C)cn2c1=O. The lowest BCUT2D eigenvalue weighted by Gasteiger charge is -2.14. The van der Waals surface area contributed by atoms with Crippen molar-refractivity contribution < 1.29 is 26.4 Å². The summed E-state index contributed by atoms with van der Waals surface area (Å²) in [5, 5.41) is 3.31. The molecular weight excluding hydrogens is 535 g/mol. The molecule has 0 unspecified atom stereocenters. The van der Waals surface area contributed by atoms with Crippen LogP contribution in [0.3, 0.4) is 0 Å². The molecule has 2 N–H and O–H groups in total. The van der Waals surface area contributed by atoms with E-state index in [0.717, 1.165) is 29.7 Å². The predicted octanol–water partition coefficient (Wildman–Crippen LogP) is 4.58. The lowest BCUT2D eigenvalue weighted by molar-refractivity contribution is -0.137. The average Bonchev–Trinajstić information content (AvgIpc) is 3.19. The Morgan fingerprint density at radius 2 is 1.79 bits per heavy atom. The molecule has 0 aliphatic rings. The standard InChI is InChI=1S/C26H24F3N5O4S/c1-4-20-23(19-8-6-7-9-21(19)32-39(37,38)5-2)24(36)34-14-16(3)33(25(34)31-20)15-22(35)30-18-12-10-17(11-13-18)26(27,28)29/h5-14,32H,2,4,15H2,1,3H3,(H,30,35). The molecule has 1 amide bonds. The maximum Gasteiger partial charge on any atom is 0.416 e. The maximum absolute atomic E-state index is 13.7. The number of carbonyl (C=O) groups is 1. The maximum atomic E-state index is 13.7. The van der Waals surface area contributed by atoms with Crippen LogP contribution < -0.4 is 15.6 Å². The highest BCUT2D eigenvalue weighted by atomic mass is 32.2. The number of benzene rings is 2. The number of aryl methyl sites for hydroxylation is 2. The monoisotopic (exact) mass is 559 g/mol. The number of para-hydroxylation sites is 1. The summed E-state index contributed by atoms with van der Waals surface area (Å²) in [4.78, 5) is 31.1. The smallest absolute Gasteiger partial charge is 0.325 e. The van der Waals surface area contributed by atoms with Crippen molar-refractivity contribution in [3.63, 3.8) is 0 Å². The predicted molar refractivity (Wildman–Crippen MR) is 142 cm³/mol. The minimum absolute atomic E-state index is 0.179. The summed E-state index contributed by atoms with van der Waals surface area (Å²) in [5.74, 6) is -0.346. The molecule has 0 atom stereocenters. The van der Waals surface area contributed by atoms with Crippen molar-refractivity contribution in [3.8, 4) is 11.1 Å². The summed E-state index contributed by atoms with van der Waals surface area (Å²) < 4.78 is 67.9. The third-order valence-electron chi connectivity index (χ3n) is 5.96. The van der Waals surface area contributed by atoms with Gasteiger partial charge in [-0.2, -0.15) is 13.2 Å².